The van der Waals surface area contributed by atoms with Crippen molar-refractivity contribution in [2.45, 2.75) is 25.8 Å². The van der Waals surface area contributed by atoms with Crippen LogP contribution >= 0.6 is 0 Å². The number of rotatable bonds is 3. The smallest absolute Gasteiger partial charge is 0.256 e. The molecule has 0 unspecified atom stereocenters. The number of nitrogens with one attached hydrogen (secondary N) is 1. The Hall–Kier alpha value is -2.88. The van der Waals surface area contributed by atoms with E-state index >= 15 is 0 Å². The van der Waals surface area contributed by atoms with Gasteiger partial charge in [-0.05, 0) is 42.5 Å². The Morgan fingerprint density at radius 3 is 2.46 bits per heavy atom. The fourth-order valence-electron chi connectivity index (χ4n) is 3.11. The normalized spacial score (nSPS) is 13.3. The van der Waals surface area contributed by atoms with Crippen molar-refractivity contribution < 1.29 is 4.79 Å². The number of nitrogens with zero attached hydrogens (tertiary/aromatic N) is 2. The lowest BCUT2D eigenvalue weighted by molar-refractivity contribution is 0.102. The first-order chi connectivity index (χ1) is 11.8. The van der Waals surface area contributed by atoms with E-state index in [9.17, 15) is 4.79 Å². The van der Waals surface area contributed by atoms with Crippen LogP contribution in [0.15, 0.2) is 60.7 Å². The summed E-state index contributed by atoms with van der Waals surface area (Å²) in [5, 5.41) is 7.37. The molecular formula is C20H19N3O. The molecular weight excluding hydrogens is 298 g/mol. The van der Waals surface area contributed by atoms with Crippen LogP contribution < -0.4 is 5.32 Å². The van der Waals surface area contributed by atoms with Crippen molar-refractivity contribution in [3.63, 3.8) is 0 Å². The quantitative estimate of drug-likeness (QED) is 0.789. The number of aryl methyl sites for hydroxylation is 2. The van der Waals surface area contributed by atoms with Gasteiger partial charge in [0, 0.05) is 23.9 Å². The van der Waals surface area contributed by atoms with Gasteiger partial charge in [0.05, 0.1) is 0 Å². The number of anilines is 1. The van der Waals surface area contributed by atoms with E-state index in [1.165, 1.54) is 12.1 Å². The van der Waals surface area contributed by atoms with Crippen molar-refractivity contribution in [3.05, 3.63) is 71.9 Å². The molecule has 0 atom stereocenters. The summed E-state index contributed by atoms with van der Waals surface area (Å²) in [6.45, 7) is 0.941. The number of benzene rings is 2. The molecule has 1 aliphatic heterocycles. The van der Waals surface area contributed by atoms with E-state index in [1.54, 1.807) is 0 Å². The van der Waals surface area contributed by atoms with Gasteiger partial charge in [-0.2, -0.15) is 5.10 Å². The van der Waals surface area contributed by atoms with Gasteiger partial charge in [-0.3, -0.25) is 9.48 Å². The molecule has 1 aromatic heterocycles. The lowest BCUT2D eigenvalue weighted by Gasteiger charge is -2.11. The topological polar surface area (TPSA) is 46.9 Å². The molecule has 3 aromatic rings. The summed E-state index contributed by atoms with van der Waals surface area (Å²) in [6.07, 6.45) is 3.39. The zero-order valence-corrected chi connectivity index (χ0v) is 13.4. The Morgan fingerprint density at radius 2 is 1.71 bits per heavy atom. The third kappa shape index (κ3) is 2.95. The van der Waals surface area contributed by atoms with Crippen molar-refractivity contribution in [1.82, 2.24) is 9.78 Å². The lowest BCUT2D eigenvalue weighted by Crippen LogP contribution is -2.13. The average Bonchev–Trinajstić information content (AvgIpc) is 3.05. The van der Waals surface area contributed by atoms with E-state index < -0.39 is 0 Å². The fourth-order valence-corrected chi connectivity index (χ4v) is 3.11. The van der Waals surface area contributed by atoms with Crippen LogP contribution in [0.2, 0.25) is 0 Å². The Kier molecular flexibility index (Phi) is 3.87. The van der Waals surface area contributed by atoms with Gasteiger partial charge in [0.15, 0.2) is 5.82 Å². The number of amides is 1. The van der Waals surface area contributed by atoms with Crippen molar-refractivity contribution in [2.24, 2.45) is 0 Å². The van der Waals surface area contributed by atoms with Crippen LogP contribution in [0.3, 0.4) is 0 Å². The van der Waals surface area contributed by atoms with Crippen LogP contribution in [0.4, 0.5) is 5.82 Å². The number of carbonyl (C=O) groups excluding carboxylic acids is 1. The molecule has 2 heterocycles. The predicted molar refractivity (Wildman–Crippen MR) is 95.0 cm³/mol. The number of aromatic nitrogens is 2. The highest BCUT2D eigenvalue weighted by Gasteiger charge is 2.14. The molecule has 0 saturated heterocycles. The molecule has 0 fully saturated rings. The summed E-state index contributed by atoms with van der Waals surface area (Å²) < 4.78 is 2.00. The van der Waals surface area contributed by atoms with Gasteiger partial charge in [0.1, 0.15) is 0 Å². The minimum Gasteiger partial charge on any atom is -0.305 e. The zero-order chi connectivity index (χ0) is 16.4. The van der Waals surface area contributed by atoms with E-state index in [0.717, 1.165) is 30.5 Å². The lowest BCUT2D eigenvalue weighted by atomic mass is 10.0. The summed E-state index contributed by atoms with van der Waals surface area (Å²) in [5.74, 6) is 0.522. The monoisotopic (exact) mass is 317 g/mol. The van der Waals surface area contributed by atoms with Crippen molar-refractivity contribution in [1.29, 1.82) is 0 Å². The fraction of sp³-hybridized carbons (Fsp3) is 0.200. The molecule has 1 aliphatic rings. The summed E-state index contributed by atoms with van der Waals surface area (Å²) >= 11 is 0. The van der Waals surface area contributed by atoms with Crippen molar-refractivity contribution >= 4 is 11.7 Å². The molecule has 4 rings (SSSR count). The second kappa shape index (κ2) is 6.32. The molecule has 120 valence electrons. The van der Waals surface area contributed by atoms with Crippen LogP contribution in [0.25, 0.3) is 11.1 Å². The average molecular weight is 317 g/mol. The summed E-state index contributed by atoms with van der Waals surface area (Å²) in [6, 6.07) is 19.8. The second-order valence-electron chi connectivity index (χ2n) is 6.10. The Bertz CT molecular complexity index is 827. The van der Waals surface area contributed by atoms with Gasteiger partial charge in [0.25, 0.3) is 5.91 Å². The first kappa shape index (κ1) is 14.7. The molecule has 0 saturated carbocycles. The molecule has 24 heavy (non-hydrogen) atoms. The van der Waals surface area contributed by atoms with E-state index in [2.05, 4.69) is 22.5 Å². The van der Waals surface area contributed by atoms with Gasteiger partial charge in [-0.1, -0.05) is 42.5 Å². The van der Waals surface area contributed by atoms with Crippen molar-refractivity contribution in [2.75, 3.05) is 5.32 Å². The first-order valence-corrected chi connectivity index (χ1v) is 8.33. The van der Waals surface area contributed by atoms with Gasteiger partial charge in [-0.15, -0.1) is 0 Å². The zero-order valence-electron chi connectivity index (χ0n) is 13.4. The molecule has 0 radical (unpaired) electrons. The van der Waals surface area contributed by atoms with Crippen LogP contribution in [-0.4, -0.2) is 15.7 Å². The molecule has 4 heteroatoms. The SMILES string of the molecule is O=C(Nc1cc2n(n1)CCCC2)c1ccc(-c2ccccc2)cc1. The molecule has 0 aliphatic carbocycles. The molecule has 1 amide bonds. The summed E-state index contributed by atoms with van der Waals surface area (Å²) in [5.41, 5.74) is 4.09. The second-order valence-corrected chi connectivity index (χ2v) is 6.10. The largest absolute Gasteiger partial charge is 0.305 e. The van der Waals surface area contributed by atoms with Crippen LogP contribution in [-0.2, 0) is 13.0 Å². The standard InChI is InChI=1S/C20H19N3O/c24-20(21-19-14-18-8-4-5-13-23(18)22-19)17-11-9-16(10-12-17)15-6-2-1-3-7-15/h1-3,6-7,9-12,14H,4-5,8,13H2,(H,21,22,24). The number of carbonyl (C=O) groups is 1. The highest BCUT2D eigenvalue weighted by atomic mass is 16.1. The highest BCUT2D eigenvalue weighted by molar-refractivity contribution is 6.04. The van der Waals surface area contributed by atoms with E-state index in [4.69, 9.17) is 0 Å². The summed E-state index contributed by atoms with van der Waals surface area (Å²) in [7, 11) is 0. The van der Waals surface area contributed by atoms with Crippen molar-refractivity contribution in [3.8, 4) is 11.1 Å². The maximum atomic E-state index is 12.4. The molecule has 2 aromatic carbocycles. The highest BCUT2D eigenvalue weighted by Crippen LogP contribution is 2.21. The maximum absolute atomic E-state index is 12.4. The number of hydrogen-bond donors (Lipinski definition) is 1. The number of fused-ring (bicyclic) bond motifs is 1. The first-order valence-electron chi connectivity index (χ1n) is 8.33. The predicted octanol–water partition coefficient (Wildman–Crippen LogP) is 4.14. The van der Waals surface area contributed by atoms with E-state index in [1.807, 2.05) is 53.2 Å². The minimum absolute atomic E-state index is 0.120. The van der Waals surface area contributed by atoms with Gasteiger partial charge >= 0.3 is 0 Å². The third-order valence-corrected chi connectivity index (χ3v) is 4.41. The van der Waals surface area contributed by atoms with Gasteiger partial charge < -0.3 is 5.32 Å². The van der Waals surface area contributed by atoms with Crippen LogP contribution in [0.5, 0.6) is 0 Å². The van der Waals surface area contributed by atoms with Crippen LogP contribution in [0.1, 0.15) is 28.9 Å². The molecule has 4 nitrogen and oxygen atoms in total. The van der Waals surface area contributed by atoms with Crippen LogP contribution in [0, 0.1) is 0 Å². The Morgan fingerprint density at radius 1 is 0.958 bits per heavy atom. The van der Waals surface area contributed by atoms with Gasteiger partial charge in [0.2, 0.25) is 0 Å². The number of hydrogen-bond acceptors (Lipinski definition) is 2. The Balaban J connectivity index is 1.49. The summed E-state index contributed by atoms with van der Waals surface area (Å²) in [4.78, 5) is 12.4. The maximum Gasteiger partial charge on any atom is 0.256 e. The van der Waals surface area contributed by atoms with Gasteiger partial charge in [-0.25, -0.2) is 0 Å². The third-order valence-electron chi connectivity index (χ3n) is 4.41. The molecule has 0 bridgehead atoms. The van der Waals surface area contributed by atoms with E-state index in [0.29, 0.717) is 11.4 Å². The molecule has 0 spiro atoms. The van der Waals surface area contributed by atoms with E-state index in [-0.39, 0.29) is 5.91 Å². The molecule has 1 N–H and O–H groups in total. The Labute approximate surface area is 141 Å². The minimum atomic E-state index is -0.120.